The number of aryl methyl sites for hydroxylation is 1. The second kappa shape index (κ2) is 4.11. The van der Waals surface area contributed by atoms with E-state index in [2.05, 4.69) is 5.32 Å². The maximum Gasteiger partial charge on any atom is 0.173 e. The van der Waals surface area contributed by atoms with Crippen LogP contribution in [0.5, 0.6) is 0 Å². The Morgan fingerprint density at radius 3 is 2.75 bits per heavy atom. The maximum atomic E-state index is 11.2. The number of rotatable bonds is 2. The average Bonchev–Trinajstić information content (AvgIpc) is 2.52. The van der Waals surface area contributed by atoms with Gasteiger partial charge >= 0.3 is 0 Å². The Hall–Kier alpha value is -1.00. The van der Waals surface area contributed by atoms with E-state index in [0.717, 1.165) is 11.3 Å². The molecule has 0 radical (unpaired) electrons. The molecule has 1 aromatic carbocycles. The first-order valence-corrected chi connectivity index (χ1v) is 6.99. The molecule has 0 spiro atoms. The predicted molar refractivity (Wildman–Crippen MR) is 66.5 cm³/mol. The second-order valence-corrected chi connectivity index (χ2v) is 6.21. The Labute approximate surface area is 100 Å². The molecule has 0 aromatic heterocycles. The summed E-state index contributed by atoms with van der Waals surface area (Å²) in [4.78, 5) is 0. The van der Waals surface area contributed by atoms with E-state index in [4.69, 9.17) is 11.6 Å². The molecule has 0 amide bonds. The first-order chi connectivity index (χ1) is 7.46. The van der Waals surface area contributed by atoms with E-state index in [9.17, 15) is 8.42 Å². The van der Waals surface area contributed by atoms with Crippen LogP contribution in [-0.2, 0) is 9.84 Å². The van der Waals surface area contributed by atoms with Crippen molar-refractivity contribution in [1.82, 2.24) is 0 Å². The molecule has 2 rings (SSSR count). The van der Waals surface area contributed by atoms with E-state index >= 15 is 0 Å². The van der Waals surface area contributed by atoms with Gasteiger partial charge < -0.3 is 5.32 Å². The summed E-state index contributed by atoms with van der Waals surface area (Å²) in [6.45, 7) is 1.92. The highest BCUT2D eigenvalue weighted by Gasteiger charge is 2.21. The fourth-order valence-electron chi connectivity index (χ4n) is 1.56. The molecule has 0 bridgehead atoms. The summed E-state index contributed by atoms with van der Waals surface area (Å²) in [5, 5.41) is 5.04. The van der Waals surface area contributed by atoms with E-state index in [-0.39, 0.29) is 11.8 Å². The zero-order chi connectivity index (χ0) is 11.8. The van der Waals surface area contributed by atoms with Crippen LogP contribution < -0.4 is 5.32 Å². The minimum Gasteiger partial charge on any atom is -0.378 e. The molecule has 0 aliphatic carbocycles. The Kier molecular flexibility index (Phi) is 2.95. The molecule has 0 unspecified atom stereocenters. The normalized spacial score (nSPS) is 22.2. The number of hydrogen-bond donors (Lipinski definition) is 1. The minimum atomic E-state index is -3.01. The molecular weight excluding hydrogens is 246 g/mol. The van der Waals surface area contributed by atoms with Crippen molar-refractivity contribution in [3.8, 4) is 0 Å². The van der Waals surface area contributed by atoms with Gasteiger partial charge in [0, 0.05) is 16.1 Å². The number of anilines is 1. The molecule has 5 heteroatoms. The van der Waals surface area contributed by atoms with Crippen LogP contribution in [0.25, 0.3) is 0 Å². The number of nitrogens with one attached hydrogen (secondary N) is 1. The number of sulfone groups is 1. The lowest BCUT2D eigenvalue weighted by atomic mass is 10.2. The molecular formula is C11H12ClNO2S. The number of hydrogen-bond acceptors (Lipinski definition) is 3. The molecule has 1 heterocycles. The van der Waals surface area contributed by atoms with Crippen LogP contribution >= 0.6 is 11.6 Å². The summed E-state index contributed by atoms with van der Waals surface area (Å²) in [6.07, 6.45) is 1.66. The number of halogens is 1. The van der Waals surface area contributed by atoms with Crippen LogP contribution in [-0.4, -0.2) is 20.2 Å². The smallest absolute Gasteiger partial charge is 0.173 e. The predicted octanol–water partition coefficient (Wildman–Crippen LogP) is 2.37. The highest BCUT2D eigenvalue weighted by Crippen LogP contribution is 2.22. The lowest BCUT2D eigenvalue weighted by Gasteiger charge is -2.12. The van der Waals surface area contributed by atoms with Gasteiger partial charge in [-0.3, -0.25) is 0 Å². The van der Waals surface area contributed by atoms with Crippen LogP contribution in [0.2, 0.25) is 5.02 Å². The maximum absolute atomic E-state index is 11.2. The van der Waals surface area contributed by atoms with Crippen molar-refractivity contribution in [1.29, 1.82) is 0 Å². The van der Waals surface area contributed by atoms with Crippen molar-refractivity contribution in [2.24, 2.45) is 0 Å². The molecule has 1 N–H and O–H groups in total. The second-order valence-electron chi connectivity index (χ2n) is 3.87. The lowest BCUT2D eigenvalue weighted by Crippen LogP contribution is -2.20. The van der Waals surface area contributed by atoms with Gasteiger partial charge in [-0.15, -0.1) is 0 Å². The summed E-state index contributed by atoms with van der Waals surface area (Å²) >= 11 is 5.98. The van der Waals surface area contributed by atoms with Gasteiger partial charge in [0.2, 0.25) is 0 Å². The largest absolute Gasteiger partial charge is 0.378 e. The zero-order valence-corrected chi connectivity index (χ0v) is 10.3. The van der Waals surface area contributed by atoms with Gasteiger partial charge in [0.25, 0.3) is 0 Å². The van der Waals surface area contributed by atoms with Crippen molar-refractivity contribution >= 4 is 27.1 Å². The Morgan fingerprint density at radius 2 is 2.19 bits per heavy atom. The fraction of sp³-hybridized carbons (Fsp3) is 0.273. The summed E-state index contributed by atoms with van der Waals surface area (Å²) in [5.41, 5.74) is 1.84. The van der Waals surface area contributed by atoms with Gasteiger partial charge in [-0.2, -0.15) is 0 Å². The molecule has 1 aliphatic heterocycles. The lowest BCUT2D eigenvalue weighted by molar-refractivity contribution is 0.605. The van der Waals surface area contributed by atoms with Crippen LogP contribution in [0.15, 0.2) is 29.7 Å². The molecule has 1 aliphatic rings. The van der Waals surface area contributed by atoms with Gasteiger partial charge in [0.15, 0.2) is 9.84 Å². The van der Waals surface area contributed by atoms with E-state index in [1.54, 1.807) is 12.1 Å². The topological polar surface area (TPSA) is 46.2 Å². The van der Waals surface area contributed by atoms with Crippen LogP contribution in [0, 0.1) is 6.92 Å². The van der Waals surface area contributed by atoms with E-state index in [1.807, 2.05) is 19.1 Å². The van der Waals surface area contributed by atoms with E-state index in [0.29, 0.717) is 5.02 Å². The summed E-state index contributed by atoms with van der Waals surface area (Å²) in [5.74, 6) is 0.110. The Bertz CT molecular complexity index is 537. The zero-order valence-electron chi connectivity index (χ0n) is 8.77. The molecule has 86 valence electrons. The molecule has 16 heavy (non-hydrogen) atoms. The van der Waals surface area contributed by atoms with Crippen molar-refractivity contribution in [3.05, 3.63) is 40.3 Å². The summed E-state index contributed by atoms with van der Waals surface area (Å²) < 4.78 is 22.4. The Morgan fingerprint density at radius 1 is 1.44 bits per heavy atom. The average molecular weight is 258 g/mol. The van der Waals surface area contributed by atoms with Crippen LogP contribution in [0.1, 0.15) is 5.56 Å². The molecule has 0 saturated carbocycles. The number of benzene rings is 1. The molecule has 0 saturated heterocycles. The summed E-state index contributed by atoms with van der Waals surface area (Å²) in [7, 11) is -3.01. The highest BCUT2D eigenvalue weighted by molar-refractivity contribution is 7.94. The van der Waals surface area contributed by atoms with Crippen molar-refractivity contribution < 1.29 is 8.42 Å². The van der Waals surface area contributed by atoms with Crippen LogP contribution in [0.4, 0.5) is 5.69 Å². The van der Waals surface area contributed by atoms with Crippen molar-refractivity contribution in [2.45, 2.75) is 13.0 Å². The molecule has 3 nitrogen and oxygen atoms in total. The summed E-state index contributed by atoms with van der Waals surface area (Å²) in [6, 6.07) is 5.43. The third kappa shape index (κ3) is 2.57. The molecule has 1 atom stereocenters. The van der Waals surface area contributed by atoms with E-state index in [1.165, 1.54) is 5.41 Å². The van der Waals surface area contributed by atoms with Crippen molar-refractivity contribution in [3.63, 3.8) is 0 Å². The van der Waals surface area contributed by atoms with Gasteiger partial charge in [-0.25, -0.2) is 8.42 Å². The third-order valence-electron chi connectivity index (χ3n) is 2.45. The first-order valence-electron chi connectivity index (χ1n) is 4.90. The Balaban J connectivity index is 2.11. The SMILES string of the molecule is Cc1ccc(N[C@H]2C=CS(=O)(=O)C2)cc1Cl. The first kappa shape index (κ1) is 11.5. The standard InChI is InChI=1S/C11H12ClNO2S/c1-8-2-3-9(6-11(8)12)13-10-4-5-16(14,15)7-10/h2-6,10,13H,7H2,1H3/t10-/m0/s1. The van der Waals surface area contributed by atoms with Gasteiger partial charge in [0.05, 0.1) is 11.8 Å². The van der Waals surface area contributed by atoms with Gasteiger partial charge in [-0.05, 0) is 24.6 Å². The molecule has 0 fully saturated rings. The van der Waals surface area contributed by atoms with Crippen molar-refractivity contribution in [2.75, 3.05) is 11.1 Å². The minimum absolute atomic E-state index is 0.110. The fourth-order valence-corrected chi connectivity index (χ4v) is 2.98. The highest BCUT2D eigenvalue weighted by atomic mass is 35.5. The van der Waals surface area contributed by atoms with Gasteiger partial charge in [-0.1, -0.05) is 23.7 Å². The van der Waals surface area contributed by atoms with E-state index < -0.39 is 9.84 Å². The molecule has 1 aromatic rings. The monoisotopic (exact) mass is 257 g/mol. The third-order valence-corrected chi connectivity index (χ3v) is 4.26. The van der Waals surface area contributed by atoms with Crippen LogP contribution in [0.3, 0.4) is 0 Å². The quantitative estimate of drug-likeness (QED) is 0.885. The van der Waals surface area contributed by atoms with Gasteiger partial charge in [0.1, 0.15) is 0 Å².